The van der Waals surface area contributed by atoms with Crippen LogP contribution < -0.4 is 5.32 Å². The molecule has 3 atom stereocenters. The molecule has 1 fully saturated rings. The quantitative estimate of drug-likeness (QED) is 0.674. The highest BCUT2D eigenvalue weighted by Gasteiger charge is 2.29. The first-order valence-electron chi connectivity index (χ1n) is 6.85. The Morgan fingerprint density at radius 2 is 2.11 bits per heavy atom. The fraction of sp³-hybridized carbons (Fsp3) is 0.846. The number of hydrogen-bond donors (Lipinski definition) is 3. The first kappa shape index (κ1) is 15.8. The molecule has 0 aromatic heterocycles. The van der Waals surface area contributed by atoms with Crippen LogP contribution in [0.15, 0.2) is 0 Å². The molecular formula is C13H24N2O4. The Bertz CT molecular complexity index is 320. The van der Waals surface area contributed by atoms with Gasteiger partial charge in [0.1, 0.15) is 0 Å². The Morgan fingerprint density at radius 3 is 2.63 bits per heavy atom. The van der Waals surface area contributed by atoms with Gasteiger partial charge in [-0.05, 0) is 33.1 Å². The molecule has 0 saturated carbocycles. The summed E-state index contributed by atoms with van der Waals surface area (Å²) in [4.78, 5) is 24.0. The number of aliphatic hydroxyl groups excluding tert-OH is 1. The largest absolute Gasteiger partial charge is 0.481 e. The molecule has 1 aliphatic rings. The summed E-state index contributed by atoms with van der Waals surface area (Å²) >= 11 is 0. The van der Waals surface area contributed by atoms with Crippen LogP contribution in [0.25, 0.3) is 0 Å². The van der Waals surface area contributed by atoms with Crippen molar-refractivity contribution in [3.63, 3.8) is 0 Å². The van der Waals surface area contributed by atoms with Crippen molar-refractivity contribution in [3.05, 3.63) is 0 Å². The van der Waals surface area contributed by atoms with Gasteiger partial charge in [-0.3, -0.25) is 4.79 Å². The highest BCUT2D eigenvalue weighted by molar-refractivity contribution is 5.74. The van der Waals surface area contributed by atoms with Crippen molar-refractivity contribution in [1.82, 2.24) is 10.2 Å². The number of likely N-dealkylation sites (tertiary alicyclic amines) is 1. The van der Waals surface area contributed by atoms with E-state index in [0.29, 0.717) is 25.9 Å². The maximum absolute atomic E-state index is 11.9. The van der Waals surface area contributed by atoms with E-state index in [1.165, 1.54) is 0 Å². The van der Waals surface area contributed by atoms with E-state index in [-0.39, 0.29) is 30.5 Å². The van der Waals surface area contributed by atoms with Crippen molar-refractivity contribution >= 4 is 12.0 Å². The second kappa shape index (κ2) is 7.33. The number of carboxylic acid groups (broad SMARTS) is 1. The number of carboxylic acids is 1. The lowest BCUT2D eigenvalue weighted by Gasteiger charge is -2.21. The first-order valence-corrected chi connectivity index (χ1v) is 6.85. The van der Waals surface area contributed by atoms with Gasteiger partial charge >= 0.3 is 12.0 Å². The lowest BCUT2D eigenvalue weighted by atomic mass is 10.0. The molecule has 0 radical (unpaired) electrons. The molecule has 110 valence electrons. The predicted molar refractivity (Wildman–Crippen MR) is 70.8 cm³/mol. The fourth-order valence-electron chi connectivity index (χ4n) is 2.30. The van der Waals surface area contributed by atoms with E-state index in [1.807, 2.05) is 6.92 Å². The van der Waals surface area contributed by atoms with Crippen molar-refractivity contribution in [2.75, 3.05) is 13.1 Å². The standard InChI is InChI=1S/C13H24N2O4/c1-9(4-3-5-12(17)18)14-13(19)15-7-6-11(8-15)10(2)16/h9-11,16H,3-8H2,1-2H3,(H,14,19)(H,17,18). The van der Waals surface area contributed by atoms with Gasteiger partial charge in [-0.1, -0.05) is 0 Å². The van der Waals surface area contributed by atoms with Gasteiger partial charge in [-0.2, -0.15) is 0 Å². The van der Waals surface area contributed by atoms with Crippen LogP contribution in [0.1, 0.15) is 39.5 Å². The minimum atomic E-state index is -0.808. The number of nitrogens with zero attached hydrogens (tertiary/aromatic N) is 1. The Hall–Kier alpha value is -1.30. The summed E-state index contributed by atoms with van der Waals surface area (Å²) in [7, 11) is 0. The van der Waals surface area contributed by atoms with E-state index in [9.17, 15) is 14.7 Å². The third-order valence-electron chi connectivity index (χ3n) is 3.59. The number of aliphatic hydroxyl groups is 1. The van der Waals surface area contributed by atoms with Gasteiger partial charge < -0.3 is 20.4 Å². The van der Waals surface area contributed by atoms with Gasteiger partial charge in [0, 0.05) is 31.5 Å². The Morgan fingerprint density at radius 1 is 1.42 bits per heavy atom. The number of amides is 2. The average molecular weight is 272 g/mol. The number of hydrogen-bond acceptors (Lipinski definition) is 3. The second-order valence-corrected chi connectivity index (χ2v) is 5.37. The summed E-state index contributed by atoms with van der Waals surface area (Å²) in [5.41, 5.74) is 0. The number of aliphatic carboxylic acids is 1. The highest BCUT2D eigenvalue weighted by atomic mass is 16.4. The van der Waals surface area contributed by atoms with Crippen LogP contribution in [-0.2, 0) is 4.79 Å². The van der Waals surface area contributed by atoms with Crippen molar-refractivity contribution in [3.8, 4) is 0 Å². The van der Waals surface area contributed by atoms with E-state index in [4.69, 9.17) is 5.11 Å². The Kier molecular flexibility index (Phi) is 6.08. The molecule has 1 rings (SSSR count). The van der Waals surface area contributed by atoms with Gasteiger partial charge in [0.15, 0.2) is 0 Å². The van der Waals surface area contributed by atoms with E-state index in [1.54, 1.807) is 11.8 Å². The topological polar surface area (TPSA) is 89.9 Å². The average Bonchev–Trinajstić information content (AvgIpc) is 2.77. The van der Waals surface area contributed by atoms with E-state index < -0.39 is 5.97 Å². The van der Waals surface area contributed by atoms with Gasteiger partial charge in [0.25, 0.3) is 0 Å². The van der Waals surface area contributed by atoms with Crippen molar-refractivity contribution in [2.24, 2.45) is 5.92 Å². The summed E-state index contributed by atoms with van der Waals surface area (Å²) in [6.07, 6.45) is 1.80. The van der Waals surface area contributed by atoms with Crippen LogP contribution in [0.4, 0.5) is 4.79 Å². The van der Waals surface area contributed by atoms with Gasteiger partial charge in [-0.25, -0.2) is 4.79 Å². The first-order chi connectivity index (χ1) is 8.90. The van der Waals surface area contributed by atoms with Crippen LogP contribution in [0, 0.1) is 5.92 Å². The summed E-state index contributed by atoms with van der Waals surface area (Å²) in [6, 6.07) is -0.150. The molecule has 0 bridgehead atoms. The van der Waals surface area contributed by atoms with E-state index in [0.717, 1.165) is 6.42 Å². The lowest BCUT2D eigenvalue weighted by Crippen LogP contribution is -2.43. The normalized spacial score (nSPS) is 22.1. The number of nitrogens with one attached hydrogen (secondary N) is 1. The molecule has 6 heteroatoms. The van der Waals surface area contributed by atoms with Crippen LogP contribution in [-0.4, -0.2) is 52.3 Å². The molecular weight excluding hydrogens is 248 g/mol. The van der Waals surface area contributed by atoms with Crippen molar-refractivity contribution in [2.45, 2.75) is 51.7 Å². The van der Waals surface area contributed by atoms with E-state index >= 15 is 0 Å². The number of rotatable bonds is 6. The molecule has 1 aliphatic heterocycles. The highest BCUT2D eigenvalue weighted by Crippen LogP contribution is 2.19. The summed E-state index contributed by atoms with van der Waals surface area (Å²) in [5, 5.41) is 20.9. The van der Waals surface area contributed by atoms with Crippen LogP contribution in [0.3, 0.4) is 0 Å². The van der Waals surface area contributed by atoms with Gasteiger partial charge in [0.2, 0.25) is 0 Å². The summed E-state index contributed by atoms with van der Waals surface area (Å²) in [5.74, 6) is -0.647. The molecule has 1 saturated heterocycles. The summed E-state index contributed by atoms with van der Waals surface area (Å²) in [6.45, 7) is 4.89. The third kappa shape index (κ3) is 5.46. The minimum Gasteiger partial charge on any atom is -0.481 e. The Labute approximate surface area is 113 Å². The molecule has 0 aromatic rings. The van der Waals surface area contributed by atoms with Gasteiger partial charge in [-0.15, -0.1) is 0 Å². The van der Waals surface area contributed by atoms with Crippen molar-refractivity contribution in [1.29, 1.82) is 0 Å². The molecule has 1 heterocycles. The van der Waals surface area contributed by atoms with E-state index in [2.05, 4.69) is 5.32 Å². The molecule has 6 nitrogen and oxygen atoms in total. The number of carbonyl (C=O) groups excluding carboxylic acids is 1. The zero-order chi connectivity index (χ0) is 14.4. The third-order valence-corrected chi connectivity index (χ3v) is 3.59. The molecule has 19 heavy (non-hydrogen) atoms. The van der Waals surface area contributed by atoms with Crippen LogP contribution in [0.2, 0.25) is 0 Å². The second-order valence-electron chi connectivity index (χ2n) is 5.37. The zero-order valence-electron chi connectivity index (χ0n) is 11.6. The maximum Gasteiger partial charge on any atom is 0.317 e. The van der Waals surface area contributed by atoms with Crippen LogP contribution in [0.5, 0.6) is 0 Å². The monoisotopic (exact) mass is 272 g/mol. The zero-order valence-corrected chi connectivity index (χ0v) is 11.6. The maximum atomic E-state index is 11.9. The molecule has 0 aromatic carbocycles. The molecule has 0 spiro atoms. The lowest BCUT2D eigenvalue weighted by molar-refractivity contribution is -0.137. The van der Waals surface area contributed by atoms with Crippen molar-refractivity contribution < 1.29 is 19.8 Å². The summed E-state index contributed by atoms with van der Waals surface area (Å²) < 4.78 is 0. The Balaban J connectivity index is 2.25. The molecule has 2 amide bonds. The SMILES string of the molecule is CC(CCCC(=O)O)NC(=O)N1CCC(C(C)O)C1. The molecule has 3 N–H and O–H groups in total. The van der Waals surface area contributed by atoms with Gasteiger partial charge in [0.05, 0.1) is 6.10 Å². The van der Waals surface area contributed by atoms with Crippen LogP contribution >= 0.6 is 0 Å². The minimum absolute atomic E-state index is 0.0301. The predicted octanol–water partition coefficient (Wildman–Crippen LogP) is 1.04. The number of urea groups is 1. The smallest absolute Gasteiger partial charge is 0.317 e. The fourth-order valence-corrected chi connectivity index (χ4v) is 2.30. The molecule has 3 unspecified atom stereocenters. The molecule has 0 aliphatic carbocycles. The number of carbonyl (C=O) groups is 2.